The average Bonchev–Trinajstić information content (AvgIpc) is 3.49. The molecule has 164 valence electrons. The third-order valence-electron chi connectivity index (χ3n) is 6.88. The minimum atomic E-state index is 0.0568. The van der Waals surface area contributed by atoms with Crippen LogP contribution in [0, 0.1) is 5.92 Å². The van der Waals surface area contributed by atoms with Crippen molar-refractivity contribution in [3.8, 4) is 0 Å². The number of nitrogens with zero attached hydrogens (tertiary/aromatic N) is 3. The van der Waals surface area contributed by atoms with Gasteiger partial charge in [-0.1, -0.05) is 6.42 Å². The maximum absolute atomic E-state index is 13.5. The van der Waals surface area contributed by atoms with Crippen LogP contribution in [0.4, 0.5) is 0 Å². The van der Waals surface area contributed by atoms with Crippen molar-refractivity contribution in [1.29, 1.82) is 0 Å². The Morgan fingerprint density at radius 3 is 2.83 bits per heavy atom. The summed E-state index contributed by atoms with van der Waals surface area (Å²) < 4.78 is 7.52. The Bertz CT molecular complexity index is 725. The highest BCUT2D eigenvalue weighted by molar-refractivity contribution is 7.08. The van der Waals surface area contributed by atoms with E-state index in [4.69, 9.17) is 4.74 Å². The Morgan fingerprint density at radius 2 is 2.07 bits per heavy atom. The zero-order valence-corrected chi connectivity index (χ0v) is 18.9. The van der Waals surface area contributed by atoms with Crippen molar-refractivity contribution in [2.75, 3.05) is 39.9 Å². The number of carbonyl (C=O) groups is 1. The molecule has 2 fully saturated rings. The third-order valence-corrected chi connectivity index (χ3v) is 7.59. The minimum Gasteiger partial charge on any atom is -0.383 e. The van der Waals surface area contributed by atoms with E-state index in [1.165, 1.54) is 50.8 Å². The molecule has 1 amide bonds. The Labute approximate surface area is 184 Å². The van der Waals surface area contributed by atoms with Crippen molar-refractivity contribution in [2.45, 2.75) is 50.6 Å². The van der Waals surface area contributed by atoms with Gasteiger partial charge in [0.05, 0.1) is 19.1 Å². The highest BCUT2D eigenvalue weighted by Gasteiger charge is 2.35. The first-order valence-electron chi connectivity index (χ1n) is 11.4. The summed E-state index contributed by atoms with van der Waals surface area (Å²) in [5.74, 6) is 0.830. The molecule has 30 heavy (non-hydrogen) atoms. The van der Waals surface area contributed by atoms with Crippen molar-refractivity contribution in [1.82, 2.24) is 14.4 Å². The molecule has 0 aliphatic carbocycles. The fraction of sp³-hybridized carbons (Fsp3) is 0.625. The molecule has 0 saturated carbocycles. The predicted octanol–water partition coefficient (Wildman–Crippen LogP) is 4.27. The van der Waals surface area contributed by atoms with Crippen LogP contribution in [0.3, 0.4) is 0 Å². The Hall–Kier alpha value is -1.63. The van der Waals surface area contributed by atoms with Gasteiger partial charge in [-0.3, -0.25) is 4.79 Å². The van der Waals surface area contributed by atoms with Crippen LogP contribution in [0.2, 0.25) is 0 Å². The van der Waals surface area contributed by atoms with Crippen molar-refractivity contribution in [3.63, 3.8) is 0 Å². The number of aromatic nitrogens is 1. The first-order chi connectivity index (χ1) is 14.8. The number of amides is 1. The van der Waals surface area contributed by atoms with E-state index in [-0.39, 0.29) is 11.9 Å². The SMILES string of the molecule is COCCN(C[C@@H]1CCCN2CCCC[C@H]12)C(=O)C[C@@H](c1ccsc1)n1cccc1. The van der Waals surface area contributed by atoms with Gasteiger partial charge in [0, 0.05) is 38.6 Å². The summed E-state index contributed by atoms with van der Waals surface area (Å²) in [6.07, 6.45) is 11.1. The maximum atomic E-state index is 13.5. The van der Waals surface area contributed by atoms with E-state index in [9.17, 15) is 4.79 Å². The molecule has 2 saturated heterocycles. The molecule has 3 atom stereocenters. The second-order valence-corrected chi connectivity index (χ2v) is 9.52. The monoisotopic (exact) mass is 429 g/mol. The topological polar surface area (TPSA) is 37.7 Å². The summed E-state index contributed by atoms with van der Waals surface area (Å²) in [7, 11) is 1.72. The van der Waals surface area contributed by atoms with Gasteiger partial charge in [0.25, 0.3) is 0 Å². The van der Waals surface area contributed by atoms with Crippen molar-refractivity contribution < 1.29 is 9.53 Å². The van der Waals surface area contributed by atoms with Gasteiger partial charge in [-0.25, -0.2) is 0 Å². The number of thiophene rings is 1. The highest BCUT2D eigenvalue weighted by Crippen LogP contribution is 2.32. The Morgan fingerprint density at radius 1 is 1.23 bits per heavy atom. The number of methoxy groups -OCH3 is 1. The van der Waals surface area contributed by atoms with Crippen LogP contribution >= 0.6 is 11.3 Å². The zero-order valence-electron chi connectivity index (χ0n) is 18.1. The van der Waals surface area contributed by atoms with Crippen LogP contribution in [-0.4, -0.2) is 66.2 Å². The number of fused-ring (bicyclic) bond motifs is 1. The van der Waals surface area contributed by atoms with Crippen LogP contribution in [0.25, 0.3) is 0 Å². The standard InChI is InChI=1S/C24H35N3O2S/c1-29-15-14-27(18-20-7-6-13-25-10-3-2-8-22(20)25)24(28)17-23(21-9-16-30-19-21)26-11-4-5-12-26/h4-5,9,11-12,16,19-20,22-23H,2-3,6-8,10,13-15,17-18H2,1H3/t20-,22+,23-/m0/s1. The van der Waals surface area contributed by atoms with E-state index >= 15 is 0 Å². The summed E-state index contributed by atoms with van der Waals surface area (Å²) in [6, 6.07) is 6.92. The van der Waals surface area contributed by atoms with E-state index in [1.54, 1.807) is 18.4 Å². The molecule has 0 spiro atoms. The molecule has 0 N–H and O–H groups in total. The van der Waals surface area contributed by atoms with Crippen LogP contribution in [-0.2, 0) is 9.53 Å². The molecule has 2 aromatic rings. The second kappa shape index (κ2) is 10.6. The van der Waals surface area contributed by atoms with Gasteiger partial charge in [-0.2, -0.15) is 11.3 Å². The number of hydrogen-bond donors (Lipinski definition) is 0. The average molecular weight is 430 g/mol. The lowest BCUT2D eigenvalue weighted by Gasteiger charge is -2.45. The summed E-state index contributed by atoms with van der Waals surface area (Å²) in [5, 5.41) is 4.26. The summed E-state index contributed by atoms with van der Waals surface area (Å²) >= 11 is 1.69. The van der Waals surface area contributed by atoms with E-state index < -0.39 is 0 Å². The largest absolute Gasteiger partial charge is 0.383 e. The van der Waals surface area contributed by atoms with Crippen LogP contribution in [0.1, 0.15) is 50.1 Å². The lowest BCUT2D eigenvalue weighted by atomic mass is 9.83. The lowest BCUT2D eigenvalue weighted by molar-refractivity contribution is -0.134. The van der Waals surface area contributed by atoms with Gasteiger partial charge in [-0.15, -0.1) is 0 Å². The third kappa shape index (κ3) is 5.16. The van der Waals surface area contributed by atoms with Crippen LogP contribution < -0.4 is 0 Å². The molecule has 4 heterocycles. The molecule has 6 heteroatoms. The van der Waals surface area contributed by atoms with Crippen molar-refractivity contribution in [2.24, 2.45) is 5.92 Å². The number of rotatable bonds is 9. The number of ether oxygens (including phenoxy) is 1. The Kier molecular flexibility index (Phi) is 7.63. The van der Waals surface area contributed by atoms with Gasteiger partial charge < -0.3 is 19.1 Å². The first kappa shape index (κ1) is 21.6. The van der Waals surface area contributed by atoms with E-state index in [0.29, 0.717) is 31.5 Å². The minimum absolute atomic E-state index is 0.0568. The molecule has 2 aliphatic rings. The molecule has 2 aromatic heterocycles. The maximum Gasteiger partial charge on any atom is 0.225 e. The molecular weight excluding hydrogens is 394 g/mol. The summed E-state index contributed by atoms with van der Waals surface area (Å²) in [4.78, 5) is 18.3. The summed E-state index contributed by atoms with van der Waals surface area (Å²) in [5.41, 5.74) is 1.22. The quantitative estimate of drug-likeness (QED) is 0.597. The fourth-order valence-corrected chi connectivity index (χ4v) is 6.01. The van der Waals surface area contributed by atoms with Gasteiger partial charge in [0.15, 0.2) is 0 Å². The predicted molar refractivity (Wildman–Crippen MR) is 122 cm³/mol. The number of carbonyl (C=O) groups excluding carboxylic acids is 1. The smallest absolute Gasteiger partial charge is 0.225 e. The first-order valence-corrected chi connectivity index (χ1v) is 12.4. The fourth-order valence-electron chi connectivity index (χ4n) is 5.30. The van der Waals surface area contributed by atoms with E-state index in [1.807, 2.05) is 12.1 Å². The molecule has 2 aliphatic heterocycles. The molecule has 0 radical (unpaired) electrons. The molecule has 0 aromatic carbocycles. The number of hydrogen-bond acceptors (Lipinski definition) is 4. The molecule has 0 unspecified atom stereocenters. The van der Waals surface area contributed by atoms with Crippen LogP contribution in [0.5, 0.6) is 0 Å². The van der Waals surface area contributed by atoms with E-state index in [2.05, 4.69) is 43.6 Å². The number of piperidine rings is 2. The lowest BCUT2D eigenvalue weighted by Crippen LogP contribution is -2.52. The summed E-state index contributed by atoms with van der Waals surface area (Å²) in [6.45, 7) is 4.62. The molecule has 5 nitrogen and oxygen atoms in total. The normalized spacial score (nSPS) is 23.1. The Balaban J connectivity index is 1.47. The van der Waals surface area contributed by atoms with E-state index in [0.717, 1.165) is 6.54 Å². The highest BCUT2D eigenvalue weighted by atomic mass is 32.1. The second-order valence-electron chi connectivity index (χ2n) is 8.74. The van der Waals surface area contributed by atoms with Crippen molar-refractivity contribution >= 4 is 17.2 Å². The van der Waals surface area contributed by atoms with Crippen molar-refractivity contribution in [3.05, 3.63) is 46.9 Å². The van der Waals surface area contributed by atoms with Gasteiger partial charge in [0.1, 0.15) is 0 Å². The van der Waals surface area contributed by atoms with Gasteiger partial charge >= 0.3 is 0 Å². The van der Waals surface area contributed by atoms with Gasteiger partial charge in [0.2, 0.25) is 5.91 Å². The van der Waals surface area contributed by atoms with Crippen LogP contribution in [0.15, 0.2) is 41.4 Å². The zero-order chi connectivity index (χ0) is 20.8. The molecular formula is C24H35N3O2S. The van der Waals surface area contributed by atoms with Gasteiger partial charge in [-0.05, 0) is 79.2 Å². The molecule has 4 rings (SSSR count). The molecule has 0 bridgehead atoms.